The van der Waals surface area contributed by atoms with Crippen LogP contribution in [0.25, 0.3) is 33.8 Å². The van der Waals surface area contributed by atoms with Gasteiger partial charge in [-0.25, -0.2) is 29.6 Å². The number of aryl methyl sites for hydroxylation is 1. The number of halogens is 3. The molecule has 0 aliphatic carbocycles. The van der Waals surface area contributed by atoms with E-state index in [4.69, 9.17) is 14.5 Å². The average Bonchev–Trinajstić information content (AvgIpc) is 3.56. The molecule has 38 heavy (non-hydrogen) atoms. The first-order valence-electron chi connectivity index (χ1n) is 11.6. The molecule has 0 aliphatic rings. The van der Waals surface area contributed by atoms with Gasteiger partial charge in [0.05, 0.1) is 31.8 Å². The van der Waals surface area contributed by atoms with E-state index in [2.05, 4.69) is 25.0 Å². The zero-order chi connectivity index (χ0) is 27.0. The minimum atomic E-state index is -4.51. The van der Waals surface area contributed by atoms with Crippen LogP contribution in [0.3, 0.4) is 0 Å². The maximum atomic E-state index is 13.2. The predicted molar refractivity (Wildman–Crippen MR) is 132 cm³/mol. The van der Waals surface area contributed by atoms with Crippen molar-refractivity contribution in [1.82, 2.24) is 39.3 Å². The van der Waals surface area contributed by atoms with Crippen LogP contribution in [0.15, 0.2) is 49.2 Å². The molecule has 0 radical (unpaired) electrons. The number of rotatable bonds is 7. The molecule has 196 valence electrons. The van der Waals surface area contributed by atoms with Crippen molar-refractivity contribution in [3.8, 4) is 34.5 Å². The molecule has 0 fully saturated rings. The second-order valence-electron chi connectivity index (χ2n) is 8.36. The molecule has 0 bridgehead atoms. The van der Waals surface area contributed by atoms with E-state index in [9.17, 15) is 13.2 Å². The summed E-state index contributed by atoms with van der Waals surface area (Å²) in [6.45, 7) is 4.08. The van der Waals surface area contributed by atoms with Gasteiger partial charge in [0.15, 0.2) is 17.2 Å². The number of ether oxygens (including phenoxy) is 2. The molecule has 13 heteroatoms. The number of benzene rings is 1. The third-order valence-corrected chi connectivity index (χ3v) is 6.15. The molecule has 0 N–H and O–H groups in total. The number of aromatic nitrogens is 8. The quantitative estimate of drug-likeness (QED) is 0.299. The van der Waals surface area contributed by atoms with Crippen LogP contribution in [0, 0.1) is 0 Å². The Kier molecular flexibility index (Phi) is 6.43. The van der Waals surface area contributed by atoms with Gasteiger partial charge < -0.3 is 14.0 Å². The Morgan fingerprint density at radius 3 is 2.24 bits per heavy atom. The number of hydrogen-bond donors (Lipinski definition) is 0. The highest BCUT2D eigenvalue weighted by Gasteiger charge is 2.34. The lowest BCUT2D eigenvalue weighted by Gasteiger charge is -2.15. The van der Waals surface area contributed by atoms with Crippen molar-refractivity contribution in [2.75, 3.05) is 14.2 Å². The Labute approximate surface area is 215 Å². The predicted octanol–water partition coefficient (Wildman–Crippen LogP) is 4.81. The minimum absolute atomic E-state index is 0.253. The lowest BCUT2D eigenvalue weighted by atomic mass is 10.1. The normalized spacial score (nSPS) is 12.6. The third-order valence-electron chi connectivity index (χ3n) is 6.15. The molecule has 4 heterocycles. The average molecular weight is 525 g/mol. The van der Waals surface area contributed by atoms with Crippen LogP contribution in [0.2, 0.25) is 0 Å². The molecule has 1 atom stereocenters. The lowest BCUT2D eigenvalue weighted by molar-refractivity contribution is -0.140. The number of fused-ring (bicyclic) bond motifs is 1. The van der Waals surface area contributed by atoms with Crippen molar-refractivity contribution in [2.45, 2.75) is 32.6 Å². The van der Waals surface area contributed by atoms with Crippen LogP contribution in [-0.4, -0.2) is 53.5 Å². The fourth-order valence-corrected chi connectivity index (χ4v) is 4.17. The first-order chi connectivity index (χ1) is 18.2. The highest BCUT2D eigenvalue weighted by atomic mass is 19.4. The maximum absolute atomic E-state index is 13.2. The number of hydrogen-bond acceptors (Lipinski definition) is 8. The maximum Gasteiger partial charge on any atom is 0.434 e. The Bertz CT molecular complexity index is 1570. The Balaban J connectivity index is 1.50. The minimum Gasteiger partial charge on any atom is -0.480 e. The summed E-state index contributed by atoms with van der Waals surface area (Å²) in [7, 11) is 2.97. The zero-order valence-corrected chi connectivity index (χ0v) is 20.9. The van der Waals surface area contributed by atoms with Gasteiger partial charge in [-0.05, 0) is 19.4 Å². The number of alkyl halides is 3. The summed E-state index contributed by atoms with van der Waals surface area (Å²) in [6, 6.07) is 6.94. The van der Waals surface area contributed by atoms with Gasteiger partial charge in [0.25, 0.3) is 0 Å². The third kappa shape index (κ3) is 4.40. The van der Waals surface area contributed by atoms with E-state index >= 15 is 0 Å². The molecule has 0 amide bonds. The molecule has 0 aliphatic heterocycles. The van der Waals surface area contributed by atoms with E-state index in [1.807, 2.05) is 19.1 Å². The molecule has 10 nitrogen and oxygen atoms in total. The topological polar surface area (TPSA) is 106 Å². The Morgan fingerprint density at radius 2 is 1.63 bits per heavy atom. The zero-order valence-electron chi connectivity index (χ0n) is 20.9. The summed E-state index contributed by atoms with van der Waals surface area (Å²) in [5, 5.41) is 5.23. The van der Waals surface area contributed by atoms with Crippen LogP contribution >= 0.6 is 0 Å². The van der Waals surface area contributed by atoms with E-state index in [1.165, 1.54) is 25.1 Å². The fraction of sp³-hybridized carbons (Fsp3) is 0.280. The van der Waals surface area contributed by atoms with Crippen LogP contribution < -0.4 is 9.47 Å². The van der Waals surface area contributed by atoms with Crippen molar-refractivity contribution in [3.63, 3.8) is 0 Å². The Hall–Kier alpha value is -4.55. The van der Waals surface area contributed by atoms with Crippen molar-refractivity contribution in [1.29, 1.82) is 0 Å². The van der Waals surface area contributed by atoms with E-state index in [0.29, 0.717) is 29.1 Å². The van der Waals surface area contributed by atoms with Gasteiger partial charge in [-0.1, -0.05) is 24.3 Å². The second kappa shape index (κ2) is 9.72. The summed E-state index contributed by atoms with van der Waals surface area (Å²) < 4.78 is 53.5. The molecule has 4 aromatic heterocycles. The molecule has 1 aromatic carbocycles. The van der Waals surface area contributed by atoms with E-state index in [0.717, 1.165) is 17.1 Å². The lowest BCUT2D eigenvalue weighted by Crippen LogP contribution is -2.10. The molecule has 1 unspecified atom stereocenters. The Morgan fingerprint density at radius 1 is 0.947 bits per heavy atom. The first kappa shape index (κ1) is 25.1. The van der Waals surface area contributed by atoms with Crippen molar-refractivity contribution < 1.29 is 22.6 Å². The fourth-order valence-electron chi connectivity index (χ4n) is 4.17. The molecular weight excluding hydrogens is 501 g/mol. The number of nitrogens with zero attached hydrogens (tertiary/aromatic N) is 8. The van der Waals surface area contributed by atoms with Crippen LogP contribution in [-0.2, 0) is 12.7 Å². The summed E-state index contributed by atoms with van der Waals surface area (Å²) >= 11 is 0. The monoisotopic (exact) mass is 524 g/mol. The van der Waals surface area contributed by atoms with Gasteiger partial charge in [0, 0.05) is 24.5 Å². The summed E-state index contributed by atoms with van der Waals surface area (Å²) in [5.74, 6) is 1.10. The first-order valence-corrected chi connectivity index (χ1v) is 11.6. The second-order valence-corrected chi connectivity index (χ2v) is 8.36. The van der Waals surface area contributed by atoms with E-state index < -0.39 is 11.9 Å². The van der Waals surface area contributed by atoms with Crippen LogP contribution in [0.1, 0.15) is 31.1 Å². The van der Waals surface area contributed by atoms with Crippen molar-refractivity contribution >= 4 is 11.0 Å². The van der Waals surface area contributed by atoms with Crippen LogP contribution in [0.5, 0.6) is 11.8 Å². The summed E-state index contributed by atoms with van der Waals surface area (Å²) in [6.07, 6.45) is 1.15. The van der Waals surface area contributed by atoms with Gasteiger partial charge in [-0.2, -0.15) is 18.3 Å². The van der Waals surface area contributed by atoms with Crippen molar-refractivity contribution in [2.24, 2.45) is 0 Å². The van der Waals surface area contributed by atoms with Gasteiger partial charge >= 0.3 is 6.18 Å². The van der Waals surface area contributed by atoms with Gasteiger partial charge in [0.1, 0.15) is 17.7 Å². The van der Waals surface area contributed by atoms with E-state index in [1.54, 1.807) is 36.1 Å². The van der Waals surface area contributed by atoms with Gasteiger partial charge in [-0.15, -0.1) is 0 Å². The molecule has 0 saturated heterocycles. The number of imidazole rings is 1. The molecule has 0 saturated carbocycles. The number of methoxy groups -OCH3 is 2. The van der Waals surface area contributed by atoms with Crippen molar-refractivity contribution in [3.05, 3.63) is 60.4 Å². The molecule has 5 rings (SSSR count). The van der Waals surface area contributed by atoms with Gasteiger partial charge in [-0.3, -0.25) is 0 Å². The highest BCUT2D eigenvalue weighted by Crippen LogP contribution is 2.34. The molecular formula is C25H23F3N8O2. The van der Waals surface area contributed by atoms with Gasteiger partial charge in [0.2, 0.25) is 11.8 Å². The standard InChI is InChI=1S/C25H23F3N8O2/c1-5-35-12-18(25(26,27)28)33-21(35)16-8-6-15(7-9-16)14(2)36-22-17(11-32-36)10-29-20(34-22)19-23(37-3)30-13-31-24(19)38-4/h6-14H,5H2,1-4H3. The SMILES string of the molecule is CCn1cc(C(F)(F)F)nc1-c1ccc(C(C)n2ncc3cnc(-c4c(OC)ncnc4OC)nc32)cc1. The van der Waals surface area contributed by atoms with Crippen LogP contribution in [0.4, 0.5) is 13.2 Å². The summed E-state index contributed by atoms with van der Waals surface area (Å²) in [4.78, 5) is 21.2. The highest BCUT2D eigenvalue weighted by molar-refractivity contribution is 5.78. The summed E-state index contributed by atoms with van der Waals surface area (Å²) in [5.41, 5.74) is 1.52. The molecule has 5 aromatic rings. The van der Waals surface area contributed by atoms with E-state index in [-0.39, 0.29) is 23.6 Å². The largest absolute Gasteiger partial charge is 0.480 e. The molecule has 0 spiro atoms. The smallest absolute Gasteiger partial charge is 0.434 e.